The van der Waals surface area contributed by atoms with Crippen molar-refractivity contribution in [2.24, 2.45) is 5.92 Å². The monoisotopic (exact) mass is 565 g/mol. The molecule has 2 fully saturated rings. The summed E-state index contributed by atoms with van der Waals surface area (Å²) in [7, 11) is -3.35. The number of anilines is 1. The molecule has 10 nitrogen and oxygen atoms in total. The molecule has 1 saturated heterocycles. The third-order valence-electron chi connectivity index (χ3n) is 7.22. The van der Waals surface area contributed by atoms with E-state index in [0.29, 0.717) is 55.0 Å². The van der Waals surface area contributed by atoms with E-state index >= 15 is 0 Å². The standard InChI is InChI=1S/C26H36ClN5O5S/c1-18(2)38(35,36)31-13-11-30(12-14-31)24-17-29-32(22-6-4-5-21(27)15-22)26(34)25(24)37-23-9-7-20(8-10-23)16-28-19(3)33/h4-6,15,17-18,20,23H,7-14,16H2,1-3H3,(H,28,33). The molecule has 1 amide bonds. The minimum atomic E-state index is -3.35. The Bertz CT molecular complexity index is 1300. The minimum absolute atomic E-state index is 0.0346. The van der Waals surface area contributed by atoms with E-state index in [-0.39, 0.29) is 23.3 Å². The lowest BCUT2D eigenvalue weighted by Gasteiger charge is -2.37. The van der Waals surface area contributed by atoms with Crippen molar-refractivity contribution < 1.29 is 17.9 Å². The molecule has 1 N–H and O–H groups in total. The fraction of sp³-hybridized carbons (Fsp3) is 0.577. The second-order valence-corrected chi connectivity index (χ2v) is 13.2. The largest absolute Gasteiger partial charge is 0.483 e. The maximum Gasteiger partial charge on any atom is 0.316 e. The molecular weight excluding hydrogens is 530 g/mol. The maximum absolute atomic E-state index is 13.7. The van der Waals surface area contributed by atoms with Gasteiger partial charge in [-0.15, -0.1) is 0 Å². The van der Waals surface area contributed by atoms with E-state index in [2.05, 4.69) is 10.4 Å². The van der Waals surface area contributed by atoms with Crippen molar-refractivity contribution in [3.05, 3.63) is 45.8 Å². The van der Waals surface area contributed by atoms with E-state index in [1.54, 1.807) is 44.3 Å². The van der Waals surface area contributed by atoms with Gasteiger partial charge in [0.2, 0.25) is 21.7 Å². The van der Waals surface area contributed by atoms with Gasteiger partial charge in [0.05, 0.1) is 23.2 Å². The Hall–Kier alpha value is -2.63. The number of sulfonamides is 1. The highest BCUT2D eigenvalue weighted by Gasteiger charge is 2.32. The van der Waals surface area contributed by atoms with Gasteiger partial charge in [-0.25, -0.2) is 8.42 Å². The van der Waals surface area contributed by atoms with Gasteiger partial charge in [0.15, 0.2) is 0 Å². The van der Waals surface area contributed by atoms with Crippen molar-refractivity contribution in [2.45, 2.75) is 57.8 Å². The van der Waals surface area contributed by atoms with E-state index < -0.39 is 15.3 Å². The highest BCUT2D eigenvalue weighted by molar-refractivity contribution is 7.89. The Labute approximate surface area is 229 Å². The van der Waals surface area contributed by atoms with E-state index in [9.17, 15) is 18.0 Å². The molecule has 4 rings (SSSR count). The Morgan fingerprint density at radius 1 is 1.16 bits per heavy atom. The molecule has 1 saturated carbocycles. The van der Waals surface area contributed by atoms with Gasteiger partial charge in [-0.05, 0) is 63.6 Å². The first-order valence-corrected chi connectivity index (χ1v) is 15.0. The number of carbonyl (C=O) groups excluding carboxylic acids is 1. The van der Waals surface area contributed by atoms with Crippen LogP contribution >= 0.6 is 11.6 Å². The molecule has 2 aliphatic rings. The zero-order valence-corrected chi connectivity index (χ0v) is 23.7. The van der Waals surface area contributed by atoms with Crippen molar-refractivity contribution in [1.29, 1.82) is 0 Å². The van der Waals surface area contributed by atoms with Crippen LogP contribution in [0.2, 0.25) is 5.02 Å². The van der Waals surface area contributed by atoms with Crippen molar-refractivity contribution in [3.8, 4) is 11.4 Å². The average molecular weight is 566 g/mol. The number of carbonyl (C=O) groups is 1. The van der Waals surface area contributed by atoms with E-state index in [4.69, 9.17) is 16.3 Å². The van der Waals surface area contributed by atoms with E-state index in [1.165, 1.54) is 15.9 Å². The fourth-order valence-corrected chi connectivity index (χ4v) is 6.40. The van der Waals surface area contributed by atoms with Crippen molar-refractivity contribution in [2.75, 3.05) is 37.6 Å². The summed E-state index contributed by atoms with van der Waals surface area (Å²) in [5.41, 5.74) is 0.711. The molecule has 0 radical (unpaired) electrons. The third kappa shape index (κ3) is 6.50. The summed E-state index contributed by atoms with van der Waals surface area (Å²) < 4.78 is 34.5. The maximum atomic E-state index is 13.7. The molecule has 38 heavy (non-hydrogen) atoms. The SMILES string of the molecule is CC(=O)NCC1CCC(Oc2c(N3CCN(S(=O)(=O)C(C)C)CC3)cnn(-c3cccc(Cl)c3)c2=O)CC1. The Morgan fingerprint density at radius 2 is 1.84 bits per heavy atom. The van der Waals surface area contributed by atoms with Gasteiger partial charge in [0.25, 0.3) is 0 Å². The van der Waals surface area contributed by atoms with Crippen LogP contribution in [0, 0.1) is 5.92 Å². The highest BCUT2D eigenvalue weighted by atomic mass is 35.5. The Morgan fingerprint density at radius 3 is 2.45 bits per heavy atom. The number of aromatic nitrogens is 2. The molecule has 208 valence electrons. The molecule has 2 aromatic rings. The van der Waals surface area contributed by atoms with Gasteiger partial charge >= 0.3 is 5.56 Å². The normalized spacial score (nSPS) is 20.9. The number of nitrogens with zero attached hydrogens (tertiary/aromatic N) is 4. The first-order valence-electron chi connectivity index (χ1n) is 13.1. The number of hydrogen-bond acceptors (Lipinski definition) is 7. The minimum Gasteiger partial charge on any atom is -0.483 e. The summed E-state index contributed by atoms with van der Waals surface area (Å²) in [4.78, 5) is 27.0. The number of amides is 1. The summed E-state index contributed by atoms with van der Waals surface area (Å²) >= 11 is 6.16. The summed E-state index contributed by atoms with van der Waals surface area (Å²) in [5.74, 6) is 0.563. The lowest BCUT2D eigenvalue weighted by molar-refractivity contribution is -0.119. The molecule has 0 spiro atoms. The molecule has 1 aliphatic heterocycles. The molecule has 1 aliphatic carbocycles. The topological polar surface area (TPSA) is 114 Å². The van der Waals surface area contributed by atoms with Gasteiger partial charge in [0.1, 0.15) is 5.69 Å². The molecule has 0 bridgehead atoms. The van der Waals surface area contributed by atoms with Crippen LogP contribution in [0.1, 0.15) is 46.5 Å². The number of ether oxygens (including phenoxy) is 1. The van der Waals surface area contributed by atoms with Gasteiger partial charge in [-0.1, -0.05) is 17.7 Å². The number of piperazine rings is 1. The van der Waals surface area contributed by atoms with E-state index in [1.807, 2.05) is 4.90 Å². The summed E-state index contributed by atoms with van der Waals surface area (Å²) in [6.45, 7) is 7.02. The predicted molar refractivity (Wildman–Crippen MR) is 148 cm³/mol. The Kier molecular flexibility index (Phi) is 9.00. The first kappa shape index (κ1) is 28.4. The highest BCUT2D eigenvalue weighted by Crippen LogP contribution is 2.32. The number of halogens is 1. The molecule has 1 aromatic heterocycles. The molecule has 2 heterocycles. The number of benzene rings is 1. The van der Waals surface area contributed by atoms with E-state index in [0.717, 1.165) is 25.7 Å². The van der Waals surface area contributed by atoms with Gasteiger partial charge in [-0.2, -0.15) is 14.1 Å². The lowest BCUT2D eigenvalue weighted by atomic mass is 9.87. The van der Waals surface area contributed by atoms with Gasteiger partial charge < -0.3 is 15.0 Å². The smallest absolute Gasteiger partial charge is 0.316 e. The predicted octanol–water partition coefficient (Wildman–Crippen LogP) is 2.82. The zero-order valence-electron chi connectivity index (χ0n) is 22.1. The lowest BCUT2D eigenvalue weighted by Crippen LogP contribution is -2.50. The second-order valence-electron chi connectivity index (χ2n) is 10.2. The third-order valence-corrected chi connectivity index (χ3v) is 9.73. The van der Waals surface area contributed by atoms with Crippen LogP contribution in [0.3, 0.4) is 0 Å². The van der Waals surface area contributed by atoms with Crippen LogP contribution in [-0.4, -0.2) is 72.5 Å². The van der Waals surface area contributed by atoms with Crippen molar-refractivity contribution in [1.82, 2.24) is 19.4 Å². The van der Waals surface area contributed by atoms with Crippen LogP contribution in [0.4, 0.5) is 5.69 Å². The molecule has 0 unspecified atom stereocenters. The molecule has 1 aromatic carbocycles. The molecule has 0 atom stereocenters. The number of hydrogen-bond donors (Lipinski definition) is 1. The van der Waals surface area contributed by atoms with Gasteiger partial charge in [-0.3, -0.25) is 9.59 Å². The summed E-state index contributed by atoms with van der Waals surface area (Å²) in [5, 5.41) is 7.31. The van der Waals surface area contributed by atoms with Crippen LogP contribution in [0.15, 0.2) is 35.3 Å². The molecule has 12 heteroatoms. The number of rotatable bonds is 8. The number of nitrogens with one attached hydrogen (secondary N) is 1. The summed E-state index contributed by atoms with van der Waals surface area (Å²) in [6.07, 6.45) is 4.78. The summed E-state index contributed by atoms with van der Waals surface area (Å²) in [6, 6.07) is 6.91. The van der Waals surface area contributed by atoms with Crippen LogP contribution < -0.4 is 20.5 Å². The second kappa shape index (κ2) is 12.0. The van der Waals surface area contributed by atoms with Crippen LogP contribution in [-0.2, 0) is 14.8 Å². The Balaban J connectivity index is 1.58. The quantitative estimate of drug-likeness (QED) is 0.523. The van der Waals surface area contributed by atoms with Gasteiger partial charge in [0, 0.05) is 44.7 Å². The average Bonchev–Trinajstić information content (AvgIpc) is 2.89. The fourth-order valence-electron chi connectivity index (χ4n) is 4.95. The first-order chi connectivity index (χ1) is 18.1. The van der Waals surface area contributed by atoms with Crippen molar-refractivity contribution >= 4 is 33.2 Å². The van der Waals surface area contributed by atoms with Crippen molar-refractivity contribution in [3.63, 3.8) is 0 Å². The zero-order chi connectivity index (χ0) is 27.4. The van der Waals surface area contributed by atoms with Crippen LogP contribution in [0.25, 0.3) is 5.69 Å². The van der Waals surface area contributed by atoms with Crippen LogP contribution in [0.5, 0.6) is 5.75 Å². The molecular formula is C26H36ClN5O5S.